The molecule has 1 saturated carbocycles. The van der Waals surface area contributed by atoms with Crippen LogP contribution >= 0.6 is 0 Å². The molecule has 24 heavy (non-hydrogen) atoms. The van der Waals surface area contributed by atoms with Crippen molar-refractivity contribution in [2.75, 3.05) is 0 Å². The first-order valence-corrected chi connectivity index (χ1v) is 9.49. The van der Waals surface area contributed by atoms with Crippen LogP contribution in [0.2, 0.25) is 0 Å². The number of rotatable bonds is 4. The highest BCUT2D eigenvalue weighted by atomic mass is 16.1. The summed E-state index contributed by atoms with van der Waals surface area (Å²) < 4.78 is 0. The molecule has 2 nitrogen and oxygen atoms in total. The second-order valence-electron chi connectivity index (χ2n) is 8.73. The molecule has 0 amide bonds. The van der Waals surface area contributed by atoms with Gasteiger partial charge < -0.3 is 4.79 Å². The number of fused-ring (bicyclic) bond motifs is 1. The number of hydrogen-bond acceptors (Lipinski definition) is 2. The number of ketones is 2. The Bertz CT molecular complexity index is 589. The Morgan fingerprint density at radius 1 is 1.29 bits per heavy atom. The molecular formula is C22H34O2. The van der Waals surface area contributed by atoms with Crippen LogP contribution in [0.4, 0.5) is 0 Å². The summed E-state index contributed by atoms with van der Waals surface area (Å²) in [6.45, 7) is 15.0. The summed E-state index contributed by atoms with van der Waals surface area (Å²) in [7, 11) is 0. The number of hydrogen-bond donors (Lipinski definition) is 0. The average Bonchev–Trinajstić information content (AvgIpc) is 2.45. The number of Topliss-reactive ketones (excluding diaryl/α,β-unsaturated/α-hetero) is 1. The second kappa shape index (κ2) is 6.98. The lowest BCUT2D eigenvalue weighted by molar-refractivity contribution is -0.128. The zero-order valence-corrected chi connectivity index (χ0v) is 16.5. The van der Waals surface area contributed by atoms with Gasteiger partial charge in [-0.3, -0.25) is 4.79 Å². The maximum absolute atomic E-state index is 13.0. The predicted molar refractivity (Wildman–Crippen MR) is 99.7 cm³/mol. The van der Waals surface area contributed by atoms with Crippen LogP contribution < -0.4 is 0 Å². The van der Waals surface area contributed by atoms with Crippen molar-refractivity contribution < 1.29 is 9.59 Å². The molecule has 2 rings (SSSR count). The first-order chi connectivity index (χ1) is 11.1. The topological polar surface area (TPSA) is 34.1 Å². The smallest absolute Gasteiger partial charge is 0.159 e. The summed E-state index contributed by atoms with van der Waals surface area (Å²) >= 11 is 0. The van der Waals surface area contributed by atoms with Crippen LogP contribution in [-0.4, -0.2) is 11.6 Å². The molecule has 0 aliphatic heterocycles. The van der Waals surface area contributed by atoms with Gasteiger partial charge in [0.25, 0.3) is 0 Å². The molecule has 0 unspecified atom stereocenters. The standard InChI is InChI=1S/C22H34O2/c1-13(2)19-11-10-18-17(9-8-16(6)23)15(5)12-20(24)21(18)22(19,7)14(3)4/h12,14,17-18,21H,8-11H2,1-7H3/t17-,18+,21-,22+/m1/s1. The van der Waals surface area contributed by atoms with Crippen LogP contribution in [0.3, 0.4) is 0 Å². The largest absolute Gasteiger partial charge is 0.300 e. The minimum absolute atomic E-state index is 0.0650. The predicted octanol–water partition coefficient (Wildman–Crippen LogP) is 5.53. The normalized spacial score (nSPS) is 33.3. The maximum atomic E-state index is 13.0. The molecule has 2 aliphatic carbocycles. The number of carbonyl (C=O) groups is 2. The Balaban J connectivity index is 2.49. The van der Waals surface area contributed by atoms with Gasteiger partial charge >= 0.3 is 0 Å². The highest BCUT2D eigenvalue weighted by molar-refractivity contribution is 5.95. The van der Waals surface area contributed by atoms with Gasteiger partial charge in [0, 0.05) is 17.8 Å². The van der Waals surface area contributed by atoms with E-state index in [-0.39, 0.29) is 17.1 Å². The summed E-state index contributed by atoms with van der Waals surface area (Å²) in [5, 5.41) is 0. The fourth-order valence-electron chi connectivity index (χ4n) is 5.38. The van der Waals surface area contributed by atoms with Crippen LogP contribution in [0.25, 0.3) is 0 Å². The summed E-state index contributed by atoms with van der Waals surface area (Å²) in [4.78, 5) is 24.5. The molecule has 4 atom stereocenters. The molecular weight excluding hydrogens is 296 g/mol. The highest BCUT2D eigenvalue weighted by Gasteiger charge is 2.53. The van der Waals surface area contributed by atoms with Crippen LogP contribution in [0.5, 0.6) is 0 Å². The van der Waals surface area contributed by atoms with E-state index < -0.39 is 0 Å². The van der Waals surface area contributed by atoms with E-state index in [4.69, 9.17) is 0 Å². The molecule has 0 spiro atoms. The molecule has 0 aromatic rings. The van der Waals surface area contributed by atoms with Gasteiger partial charge in [0.2, 0.25) is 0 Å². The van der Waals surface area contributed by atoms with Gasteiger partial charge in [-0.1, -0.05) is 37.5 Å². The molecule has 134 valence electrons. The van der Waals surface area contributed by atoms with Gasteiger partial charge in [-0.25, -0.2) is 0 Å². The van der Waals surface area contributed by atoms with Gasteiger partial charge in [0.05, 0.1) is 0 Å². The lowest BCUT2D eigenvalue weighted by atomic mass is 9.49. The molecule has 2 aliphatic rings. The van der Waals surface area contributed by atoms with E-state index in [9.17, 15) is 9.59 Å². The summed E-state index contributed by atoms with van der Waals surface area (Å²) in [6.07, 6.45) is 5.58. The second-order valence-corrected chi connectivity index (χ2v) is 8.73. The highest BCUT2D eigenvalue weighted by Crippen LogP contribution is 2.58. The van der Waals surface area contributed by atoms with E-state index in [1.165, 1.54) is 16.7 Å². The molecule has 2 heteroatoms. The van der Waals surface area contributed by atoms with Crippen molar-refractivity contribution in [1.82, 2.24) is 0 Å². The van der Waals surface area contributed by atoms with E-state index >= 15 is 0 Å². The monoisotopic (exact) mass is 330 g/mol. The molecule has 0 heterocycles. The first kappa shape index (κ1) is 19.1. The van der Waals surface area contributed by atoms with Gasteiger partial charge in [0.1, 0.15) is 5.78 Å². The Labute approximate surface area is 147 Å². The lowest BCUT2D eigenvalue weighted by Gasteiger charge is -2.54. The average molecular weight is 331 g/mol. The van der Waals surface area contributed by atoms with Crippen molar-refractivity contribution in [3.05, 3.63) is 22.8 Å². The van der Waals surface area contributed by atoms with Gasteiger partial charge in [-0.05, 0) is 70.8 Å². The van der Waals surface area contributed by atoms with E-state index in [0.717, 1.165) is 19.3 Å². The third kappa shape index (κ3) is 3.17. The van der Waals surface area contributed by atoms with Gasteiger partial charge in [0.15, 0.2) is 5.78 Å². The lowest BCUT2D eigenvalue weighted by Crippen LogP contribution is -2.50. The van der Waals surface area contributed by atoms with Gasteiger partial charge in [-0.2, -0.15) is 0 Å². The van der Waals surface area contributed by atoms with Crippen LogP contribution in [0.1, 0.15) is 74.1 Å². The van der Waals surface area contributed by atoms with Crippen molar-refractivity contribution in [3.8, 4) is 0 Å². The van der Waals surface area contributed by atoms with Crippen molar-refractivity contribution in [1.29, 1.82) is 0 Å². The molecule has 0 aromatic carbocycles. The van der Waals surface area contributed by atoms with Crippen LogP contribution in [0, 0.1) is 29.1 Å². The molecule has 0 bridgehead atoms. The van der Waals surface area contributed by atoms with E-state index in [1.54, 1.807) is 6.92 Å². The molecule has 0 saturated heterocycles. The third-order valence-electron chi connectivity index (χ3n) is 6.84. The van der Waals surface area contributed by atoms with Gasteiger partial charge in [-0.15, -0.1) is 0 Å². The molecule has 0 radical (unpaired) electrons. The minimum Gasteiger partial charge on any atom is -0.300 e. The van der Waals surface area contributed by atoms with Crippen molar-refractivity contribution in [2.24, 2.45) is 29.1 Å². The van der Waals surface area contributed by atoms with E-state index in [2.05, 4.69) is 41.5 Å². The van der Waals surface area contributed by atoms with Crippen molar-refractivity contribution in [3.63, 3.8) is 0 Å². The Morgan fingerprint density at radius 3 is 2.42 bits per heavy atom. The summed E-state index contributed by atoms with van der Waals surface area (Å²) in [6, 6.07) is 0. The summed E-state index contributed by atoms with van der Waals surface area (Å²) in [5.74, 6) is 1.83. The van der Waals surface area contributed by atoms with E-state index in [0.29, 0.717) is 30.0 Å². The minimum atomic E-state index is -0.0650. The fourth-order valence-corrected chi connectivity index (χ4v) is 5.38. The van der Waals surface area contributed by atoms with Crippen molar-refractivity contribution in [2.45, 2.75) is 74.1 Å². The Kier molecular flexibility index (Phi) is 5.57. The van der Waals surface area contributed by atoms with E-state index in [1.807, 2.05) is 6.08 Å². The van der Waals surface area contributed by atoms with Crippen molar-refractivity contribution >= 4 is 11.6 Å². The van der Waals surface area contributed by atoms with Crippen LogP contribution in [-0.2, 0) is 9.59 Å². The first-order valence-electron chi connectivity index (χ1n) is 9.49. The molecule has 0 N–H and O–H groups in total. The SMILES string of the molecule is CC(=O)CC[C@@H]1C(C)=CC(=O)[C@H]2[C@H]1CCC(=C(C)C)[C@]2(C)C(C)C. The fraction of sp³-hybridized carbons (Fsp3) is 0.727. The summed E-state index contributed by atoms with van der Waals surface area (Å²) in [5.41, 5.74) is 3.99. The third-order valence-corrected chi connectivity index (χ3v) is 6.84. The zero-order chi connectivity index (χ0) is 18.2. The maximum Gasteiger partial charge on any atom is 0.159 e. The number of carbonyl (C=O) groups excluding carboxylic acids is 2. The Morgan fingerprint density at radius 2 is 1.92 bits per heavy atom. The Hall–Kier alpha value is -1.18. The zero-order valence-electron chi connectivity index (χ0n) is 16.5. The molecule has 0 aromatic heterocycles. The molecule has 1 fully saturated rings. The number of allylic oxidation sites excluding steroid dienone is 4. The van der Waals surface area contributed by atoms with Crippen LogP contribution in [0.15, 0.2) is 22.8 Å². The quantitative estimate of drug-likeness (QED) is 0.635.